The van der Waals surface area contributed by atoms with E-state index in [1.807, 2.05) is 13.8 Å². The summed E-state index contributed by atoms with van der Waals surface area (Å²) in [6.45, 7) is 3.98. The minimum Gasteiger partial charge on any atom is -0.381 e. The summed E-state index contributed by atoms with van der Waals surface area (Å²) in [7, 11) is 1.62. The molecule has 1 aliphatic rings. The second-order valence-corrected chi connectivity index (χ2v) is 3.75. The first kappa shape index (κ1) is 11.9. The highest BCUT2D eigenvalue weighted by Crippen LogP contribution is 2.36. The molecule has 0 aromatic heterocycles. The summed E-state index contributed by atoms with van der Waals surface area (Å²) < 4.78 is 10.3. The van der Waals surface area contributed by atoms with E-state index < -0.39 is 12.6 Å². The molecule has 0 aliphatic carbocycles. The number of methoxy groups -OCH3 is 1. The summed E-state index contributed by atoms with van der Waals surface area (Å²) in [5.41, 5.74) is 0. The Bertz CT molecular complexity index is 170. The lowest BCUT2D eigenvalue weighted by atomic mass is 9.85. The van der Waals surface area contributed by atoms with Gasteiger partial charge in [0.15, 0.2) is 12.6 Å². The summed E-state index contributed by atoms with van der Waals surface area (Å²) in [6, 6.07) is 0. The van der Waals surface area contributed by atoms with Gasteiger partial charge in [0.2, 0.25) is 0 Å². The Kier molecular flexibility index (Phi) is 4.31. The zero-order valence-electron chi connectivity index (χ0n) is 9.01. The van der Waals surface area contributed by atoms with Crippen molar-refractivity contribution >= 4 is 0 Å². The maximum Gasteiger partial charge on any atom is 0.163 e. The van der Waals surface area contributed by atoms with Crippen LogP contribution in [-0.2, 0) is 9.47 Å². The topological polar surface area (TPSA) is 58.9 Å². The molecule has 84 valence electrons. The number of ether oxygens (including phenoxy) is 2. The van der Waals surface area contributed by atoms with Gasteiger partial charge in [0.1, 0.15) is 0 Å². The van der Waals surface area contributed by atoms with Crippen LogP contribution in [0.3, 0.4) is 0 Å². The minimum atomic E-state index is -0.903. The third-order valence-corrected chi connectivity index (χ3v) is 3.07. The normalized spacial score (nSPS) is 40.1. The molecule has 1 heterocycles. The molecule has 5 atom stereocenters. The molecule has 1 aliphatic heterocycles. The molecule has 0 saturated carbocycles. The van der Waals surface area contributed by atoms with Crippen LogP contribution in [-0.4, -0.2) is 36.0 Å². The molecule has 0 bridgehead atoms. The molecule has 4 nitrogen and oxygen atoms in total. The van der Waals surface area contributed by atoms with Gasteiger partial charge in [-0.15, -0.1) is 0 Å². The minimum absolute atomic E-state index is 0.0325. The molecular formula is C10H20O4. The third-order valence-electron chi connectivity index (χ3n) is 3.07. The van der Waals surface area contributed by atoms with Crippen molar-refractivity contribution in [2.24, 2.45) is 11.8 Å². The Morgan fingerprint density at radius 3 is 2.36 bits per heavy atom. The van der Waals surface area contributed by atoms with E-state index in [9.17, 15) is 10.2 Å². The fourth-order valence-electron chi connectivity index (χ4n) is 2.27. The van der Waals surface area contributed by atoms with Crippen LogP contribution in [0.15, 0.2) is 0 Å². The van der Waals surface area contributed by atoms with Gasteiger partial charge < -0.3 is 19.7 Å². The molecule has 2 N–H and O–H groups in total. The van der Waals surface area contributed by atoms with Crippen molar-refractivity contribution < 1.29 is 19.7 Å². The van der Waals surface area contributed by atoms with Gasteiger partial charge in [-0.1, -0.05) is 13.8 Å². The maximum atomic E-state index is 9.63. The summed E-state index contributed by atoms with van der Waals surface area (Å²) in [4.78, 5) is 0. The lowest BCUT2D eigenvalue weighted by Crippen LogP contribution is -2.34. The zero-order valence-corrected chi connectivity index (χ0v) is 9.01. The van der Waals surface area contributed by atoms with Crippen LogP contribution < -0.4 is 0 Å². The summed E-state index contributed by atoms with van der Waals surface area (Å²) in [5, 5.41) is 19.2. The molecule has 0 radical (unpaired) electrons. The average molecular weight is 204 g/mol. The summed E-state index contributed by atoms with van der Waals surface area (Å²) >= 11 is 0. The van der Waals surface area contributed by atoms with Crippen LogP contribution in [0.5, 0.6) is 0 Å². The predicted octanol–water partition coefficient (Wildman–Crippen LogP) is 0.721. The lowest BCUT2D eigenvalue weighted by molar-refractivity contribution is -0.178. The van der Waals surface area contributed by atoms with Gasteiger partial charge in [-0.3, -0.25) is 0 Å². The number of aliphatic hydroxyl groups excluding tert-OH is 2. The van der Waals surface area contributed by atoms with Crippen LogP contribution in [0.2, 0.25) is 0 Å². The van der Waals surface area contributed by atoms with Crippen molar-refractivity contribution in [2.75, 3.05) is 7.11 Å². The maximum absolute atomic E-state index is 9.63. The van der Waals surface area contributed by atoms with E-state index in [4.69, 9.17) is 9.47 Å². The van der Waals surface area contributed by atoms with Crippen LogP contribution >= 0.6 is 0 Å². The van der Waals surface area contributed by atoms with Crippen molar-refractivity contribution in [2.45, 2.75) is 45.4 Å². The first-order chi connectivity index (χ1) is 6.65. The van der Waals surface area contributed by atoms with E-state index in [0.717, 1.165) is 12.8 Å². The van der Waals surface area contributed by atoms with Crippen molar-refractivity contribution in [1.82, 2.24) is 0 Å². The Morgan fingerprint density at radius 1 is 1.29 bits per heavy atom. The van der Waals surface area contributed by atoms with Crippen LogP contribution in [0.1, 0.15) is 26.7 Å². The number of hydrogen-bond donors (Lipinski definition) is 2. The van der Waals surface area contributed by atoms with E-state index in [2.05, 4.69) is 0 Å². The summed E-state index contributed by atoms with van der Waals surface area (Å²) in [5.74, 6) is -0.153. The van der Waals surface area contributed by atoms with E-state index in [-0.39, 0.29) is 17.9 Å². The lowest BCUT2D eigenvalue weighted by Gasteiger charge is -2.26. The molecular weight excluding hydrogens is 184 g/mol. The highest BCUT2D eigenvalue weighted by molar-refractivity contribution is 4.85. The van der Waals surface area contributed by atoms with Gasteiger partial charge in [-0.05, 0) is 12.8 Å². The molecule has 1 fully saturated rings. The number of rotatable bonds is 4. The molecule has 0 aromatic carbocycles. The molecule has 14 heavy (non-hydrogen) atoms. The molecule has 0 spiro atoms. The zero-order chi connectivity index (χ0) is 10.7. The predicted molar refractivity (Wildman–Crippen MR) is 51.5 cm³/mol. The highest BCUT2D eigenvalue weighted by atomic mass is 16.7. The van der Waals surface area contributed by atoms with E-state index in [0.29, 0.717) is 0 Å². The van der Waals surface area contributed by atoms with Gasteiger partial charge in [0.05, 0.1) is 6.10 Å². The first-order valence-electron chi connectivity index (χ1n) is 5.20. The fraction of sp³-hybridized carbons (Fsp3) is 1.00. The van der Waals surface area contributed by atoms with Crippen molar-refractivity contribution in [3.05, 3.63) is 0 Å². The molecule has 0 amide bonds. The van der Waals surface area contributed by atoms with Crippen molar-refractivity contribution in [1.29, 1.82) is 0 Å². The fourth-order valence-corrected chi connectivity index (χ4v) is 2.27. The molecule has 1 saturated heterocycles. The first-order valence-corrected chi connectivity index (χ1v) is 5.20. The highest BCUT2D eigenvalue weighted by Gasteiger charge is 2.45. The van der Waals surface area contributed by atoms with Gasteiger partial charge >= 0.3 is 0 Å². The van der Waals surface area contributed by atoms with Gasteiger partial charge in [-0.2, -0.15) is 0 Å². The van der Waals surface area contributed by atoms with Crippen molar-refractivity contribution in [3.63, 3.8) is 0 Å². The van der Waals surface area contributed by atoms with Gasteiger partial charge in [-0.25, -0.2) is 0 Å². The Labute approximate surface area is 84.8 Å². The molecule has 4 heteroatoms. The number of hydrogen-bond acceptors (Lipinski definition) is 4. The third kappa shape index (κ3) is 2.08. The second kappa shape index (κ2) is 5.07. The SMILES string of the molecule is CCC(OC)C1C(CC)[C@@H](O)O[C@H]1O. The van der Waals surface area contributed by atoms with Crippen LogP contribution in [0, 0.1) is 11.8 Å². The number of aliphatic hydroxyl groups is 2. The molecule has 0 aromatic rings. The Morgan fingerprint density at radius 2 is 1.93 bits per heavy atom. The molecule has 1 rings (SSSR count). The largest absolute Gasteiger partial charge is 0.381 e. The Hall–Kier alpha value is -0.160. The van der Waals surface area contributed by atoms with E-state index in [1.54, 1.807) is 7.11 Å². The van der Waals surface area contributed by atoms with E-state index in [1.165, 1.54) is 0 Å². The van der Waals surface area contributed by atoms with Gasteiger partial charge in [0, 0.05) is 18.9 Å². The Balaban J connectivity index is 2.72. The van der Waals surface area contributed by atoms with Crippen molar-refractivity contribution in [3.8, 4) is 0 Å². The monoisotopic (exact) mass is 204 g/mol. The standard InChI is InChI=1S/C10H20O4/c1-4-6-8(7(5-2)13-3)10(12)14-9(6)11/h6-12H,4-5H2,1-3H3/t6?,7?,8?,9-,10+/m0/s1. The van der Waals surface area contributed by atoms with Gasteiger partial charge in [0.25, 0.3) is 0 Å². The quantitative estimate of drug-likeness (QED) is 0.708. The molecule has 3 unspecified atom stereocenters. The second-order valence-electron chi connectivity index (χ2n) is 3.75. The van der Waals surface area contributed by atoms with Crippen LogP contribution in [0.25, 0.3) is 0 Å². The average Bonchev–Trinajstić information content (AvgIpc) is 2.44. The summed E-state index contributed by atoms with van der Waals surface area (Å²) in [6.07, 6.45) is -0.218. The smallest absolute Gasteiger partial charge is 0.163 e. The van der Waals surface area contributed by atoms with E-state index >= 15 is 0 Å². The van der Waals surface area contributed by atoms with Crippen LogP contribution in [0.4, 0.5) is 0 Å².